The average molecular weight is 507 g/mol. The summed E-state index contributed by atoms with van der Waals surface area (Å²) in [6.45, 7) is 6.89. The molecule has 9 heteroatoms. The fourth-order valence-corrected chi connectivity index (χ4v) is 6.01. The van der Waals surface area contributed by atoms with Gasteiger partial charge in [-0.2, -0.15) is 0 Å². The molecule has 3 aromatic rings. The molecule has 0 saturated carbocycles. The van der Waals surface area contributed by atoms with Gasteiger partial charge in [0.15, 0.2) is 0 Å². The van der Waals surface area contributed by atoms with E-state index < -0.39 is 10.7 Å². The molecule has 0 spiro atoms. The number of amides is 1. The first-order valence-corrected chi connectivity index (χ1v) is 13.1. The maximum Gasteiger partial charge on any atom is 0.332 e. The number of hydrogen-bond donors (Lipinski definition) is 1. The minimum absolute atomic E-state index is 0.0735. The number of ether oxygens (including phenoxy) is 1. The lowest BCUT2D eigenvalue weighted by molar-refractivity contribution is -0.149. The molecule has 8 nitrogen and oxygen atoms in total. The zero-order valence-corrected chi connectivity index (χ0v) is 21.1. The van der Waals surface area contributed by atoms with E-state index in [9.17, 15) is 9.59 Å². The molecule has 1 fully saturated rings. The van der Waals surface area contributed by atoms with E-state index in [4.69, 9.17) is 9.15 Å². The minimum Gasteiger partial charge on any atom is -0.465 e. The Hall–Kier alpha value is -3.14. The molecule has 2 aliphatic rings. The van der Waals surface area contributed by atoms with Crippen molar-refractivity contribution in [2.75, 3.05) is 50.8 Å². The van der Waals surface area contributed by atoms with Gasteiger partial charge in [0, 0.05) is 56.1 Å². The normalized spacial score (nSPS) is 20.2. The van der Waals surface area contributed by atoms with Crippen molar-refractivity contribution < 1.29 is 18.7 Å². The van der Waals surface area contributed by atoms with Crippen LogP contribution in [0.2, 0.25) is 0 Å². The number of piperazine rings is 1. The van der Waals surface area contributed by atoms with Gasteiger partial charge >= 0.3 is 5.97 Å². The predicted molar refractivity (Wildman–Crippen MR) is 139 cm³/mol. The Morgan fingerprint density at radius 3 is 2.64 bits per heavy atom. The average Bonchev–Trinajstić information content (AvgIpc) is 3.38. The fraction of sp³-hybridized carbons (Fsp3) is 0.370. The molecular formula is C27H30N4O4S. The van der Waals surface area contributed by atoms with Gasteiger partial charge in [-0.3, -0.25) is 9.69 Å². The Kier molecular flexibility index (Phi) is 7.41. The van der Waals surface area contributed by atoms with E-state index in [-0.39, 0.29) is 18.9 Å². The van der Waals surface area contributed by atoms with Crippen LogP contribution < -0.4 is 10.2 Å². The van der Waals surface area contributed by atoms with E-state index in [2.05, 4.69) is 15.2 Å². The summed E-state index contributed by atoms with van der Waals surface area (Å²) in [6.07, 6.45) is 1.60. The molecule has 5 rings (SSSR count). The van der Waals surface area contributed by atoms with Gasteiger partial charge in [0.2, 0.25) is 10.6 Å². The lowest BCUT2D eigenvalue weighted by atomic mass is 9.99. The van der Waals surface area contributed by atoms with Gasteiger partial charge in [0.1, 0.15) is 6.26 Å². The smallest absolute Gasteiger partial charge is 0.332 e. The molecule has 1 atom stereocenters. The quantitative estimate of drug-likeness (QED) is 0.368. The molecule has 0 bridgehead atoms. The number of nitrogens with one attached hydrogen (secondary N) is 1. The van der Waals surface area contributed by atoms with Gasteiger partial charge in [-0.05, 0) is 31.2 Å². The number of rotatable bonds is 8. The number of carbonyl (C=O) groups excluding carboxylic acids is 2. The maximum atomic E-state index is 14.2. The zero-order valence-electron chi connectivity index (χ0n) is 20.3. The van der Waals surface area contributed by atoms with Gasteiger partial charge in [0.05, 0.1) is 18.0 Å². The summed E-state index contributed by atoms with van der Waals surface area (Å²) in [5.41, 5.74) is 2.19. The first-order chi connectivity index (χ1) is 17.6. The summed E-state index contributed by atoms with van der Waals surface area (Å²) in [5.74, 6) is -0.371. The number of hydrogen-bond acceptors (Lipinski definition) is 8. The molecule has 1 aromatic heterocycles. The Bertz CT molecular complexity index is 1210. The van der Waals surface area contributed by atoms with Gasteiger partial charge in [0.25, 0.3) is 5.91 Å². The van der Waals surface area contributed by atoms with Gasteiger partial charge in [-0.25, -0.2) is 9.78 Å². The second-order valence-electron chi connectivity index (χ2n) is 8.85. The molecule has 2 aromatic carbocycles. The molecule has 188 valence electrons. The lowest BCUT2D eigenvalue weighted by Gasteiger charge is -2.41. The summed E-state index contributed by atoms with van der Waals surface area (Å²) < 4.78 is 9.73. The monoisotopic (exact) mass is 506 g/mol. The van der Waals surface area contributed by atoms with Crippen molar-refractivity contribution in [1.29, 1.82) is 0 Å². The first-order valence-electron chi connectivity index (χ1n) is 12.3. The first kappa shape index (κ1) is 24.5. The van der Waals surface area contributed by atoms with Crippen LogP contribution in [0.1, 0.15) is 12.6 Å². The highest BCUT2D eigenvalue weighted by atomic mass is 32.2. The molecule has 1 N–H and O–H groups in total. The molecule has 36 heavy (non-hydrogen) atoms. The predicted octanol–water partition coefficient (Wildman–Crippen LogP) is 3.23. The third-order valence-electron chi connectivity index (χ3n) is 6.49. The molecule has 1 amide bonds. The molecule has 3 heterocycles. The van der Waals surface area contributed by atoms with Crippen LogP contribution in [-0.4, -0.2) is 72.4 Å². The fourth-order valence-electron chi connectivity index (χ4n) is 4.64. The maximum absolute atomic E-state index is 14.2. The Labute approximate surface area is 215 Å². The number of nitrogens with zero attached hydrogens (tertiary/aromatic N) is 3. The highest BCUT2D eigenvalue weighted by Gasteiger charge is 2.54. The van der Waals surface area contributed by atoms with Crippen LogP contribution in [0.5, 0.6) is 0 Å². The van der Waals surface area contributed by atoms with Crippen molar-refractivity contribution >= 4 is 29.3 Å². The van der Waals surface area contributed by atoms with Gasteiger partial charge < -0.3 is 19.4 Å². The number of oxazole rings is 1. The summed E-state index contributed by atoms with van der Waals surface area (Å²) >= 11 is 1.25. The van der Waals surface area contributed by atoms with Crippen molar-refractivity contribution in [3.8, 4) is 11.5 Å². The number of anilines is 1. The van der Waals surface area contributed by atoms with Crippen molar-refractivity contribution in [3.63, 3.8) is 0 Å². The van der Waals surface area contributed by atoms with E-state index in [1.165, 1.54) is 18.0 Å². The van der Waals surface area contributed by atoms with Crippen LogP contribution in [0.15, 0.2) is 70.2 Å². The molecule has 1 unspecified atom stereocenters. The molecular weight excluding hydrogens is 476 g/mol. The Morgan fingerprint density at radius 2 is 1.86 bits per heavy atom. The topological polar surface area (TPSA) is 87.9 Å². The van der Waals surface area contributed by atoms with Crippen LogP contribution in [0.4, 0.5) is 5.69 Å². The molecule has 0 radical (unpaired) electrons. The van der Waals surface area contributed by atoms with E-state index in [0.29, 0.717) is 18.1 Å². The van der Waals surface area contributed by atoms with E-state index in [1.807, 2.05) is 54.6 Å². The Morgan fingerprint density at radius 1 is 1.11 bits per heavy atom. The third kappa shape index (κ3) is 4.91. The van der Waals surface area contributed by atoms with E-state index >= 15 is 0 Å². The summed E-state index contributed by atoms with van der Waals surface area (Å²) in [7, 11) is 0. The second kappa shape index (κ2) is 10.9. The van der Waals surface area contributed by atoms with Crippen LogP contribution >= 0.6 is 11.8 Å². The second-order valence-corrected chi connectivity index (χ2v) is 10.2. The van der Waals surface area contributed by atoms with Crippen LogP contribution in [0.3, 0.4) is 0 Å². The van der Waals surface area contributed by atoms with Crippen LogP contribution in [-0.2, 0) is 20.7 Å². The van der Waals surface area contributed by atoms with Gasteiger partial charge in [-0.1, -0.05) is 42.1 Å². The number of thioether (sulfide) groups is 1. The number of fused-ring (bicyclic) bond motifs is 1. The van der Waals surface area contributed by atoms with E-state index in [0.717, 1.165) is 48.9 Å². The van der Waals surface area contributed by atoms with Crippen LogP contribution in [0.25, 0.3) is 11.5 Å². The molecule has 0 aliphatic carbocycles. The van der Waals surface area contributed by atoms with Crippen molar-refractivity contribution in [2.45, 2.75) is 23.0 Å². The molecule has 1 saturated heterocycles. The number of carbonyl (C=O) groups is 2. The number of aromatic nitrogens is 1. The minimum atomic E-state index is -1.49. The highest BCUT2D eigenvalue weighted by Crippen LogP contribution is 2.47. The zero-order chi connectivity index (χ0) is 25.0. The molecule has 2 aliphatic heterocycles. The standard InChI is InChI=1S/C27H30N4O4S/c1-2-34-26(33)27(18-21-19-35-24(29-21)20-8-4-3-5-9-20)25(32)31(17-16-30-14-12-28-13-15-30)22-10-6-7-11-23(22)36-27/h3-11,19,28H,2,12-18H2,1H3. The highest BCUT2D eigenvalue weighted by molar-refractivity contribution is 8.02. The summed E-state index contributed by atoms with van der Waals surface area (Å²) in [4.78, 5) is 37.3. The van der Waals surface area contributed by atoms with Crippen LogP contribution in [0, 0.1) is 0 Å². The number of para-hydroxylation sites is 1. The van der Waals surface area contributed by atoms with E-state index in [1.54, 1.807) is 11.8 Å². The summed E-state index contributed by atoms with van der Waals surface area (Å²) in [6, 6.07) is 17.3. The van der Waals surface area contributed by atoms with Crippen molar-refractivity contribution in [2.24, 2.45) is 0 Å². The van der Waals surface area contributed by atoms with Crippen molar-refractivity contribution in [3.05, 3.63) is 66.6 Å². The largest absolute Gasteiger partial charge is 0.465 e. The number of esters is 1. The van der Waals surface area contributed by atoms with Crippen molar-refractivity contribution in [1.82, 2.24) is 15.2 Å². The number of benzene rings is 2. The summed E-state index contributed by atoms with van der Waals surface area (Å²) in [5, 5.41) is 3.36. The Balaban J connectivity index is 1.48. The third-order valence-corrected chi connectivity index (χ3v) is 7.89. The van der Waals surface area contributed by atoms with Gasteiger partial charge in [-0.15, -0.1) is 0 Å². The lowest BCUT2D eigenvalue weighted by Crippen LogP contribution is -2.58. The SMILES string of the molecule is CCOC(=O)C1(Cc2coc(-c3ccccc3)n2)Sc2ccccc2N(CCN2CCNCC2)C1=O.